The van der Waals surface area contributed by atoms with Gasteiger partial charge in [-0.05, 0) is 20.1 Å². The number of rotatable bonds is 5. The molecule has 0 atom stereocenters. The van der Waals surface area contributed by atoms with Gasteiger partial charge in [0.05, 0.1) is 6.54 Å². The summed E-state index contributed by atoms with van der Waals surface area (Å²) in [5.74, 6) is 0.773. The number of nitrogens with zero attached hydrogens (tertiary/aromatic N) is 2. The lowest BCUT2D eigenvalue weighted by Crippen LogP contribution is -2.43. The molecule has 0 aliphatic carbocycles. The van der Waals surface area contributed by atoms with Crippen molar-refractivity contribution < 1.29 is 4.52 Å². The zero-order chi connectivity index (χ0) is 12.7. The molecule has 1 aromatic heterocycles. The molecule has 0 radical (unpaired) electrons. The SMILES string of the molecule is CN=C(NCc1ccon1)NCC(C)(C)SC. The fourth-order valence-electron chi connectivity index (χ4n) is 1.09. The van der Waals surface area contributed by atoms with Crippen LogP contribution in [0.1, 0.15) is 19.5 Å². The summed E-state index contributed by atoms with van der Waals surface area (Å²) in [5, 5.41) is 10.3. The molecule has 0 bridgehead atoms. The monoisotopic (exact) mass is 256 g/mol. The average Bonchev–Trinajstić information content (AvgIpc) is 2.82. The van der Waals surface area contributed by atoms with Gasteiger partial charge in [0, 0.05) is 24.4 Å². The minimum atomic E-state index is 0.186. The Hall–Kier alpha value is -1.17. The van der Waals surface area contributed by atoms with E-state index in [0.717, 1.165) is 18.2 Å². The van der Waals surface area contributed by atoms with Crippen LogP contribution in [0.25, 0.3) is 0 Å². The number of nitrogens with one attached hydrogen (secondary N) is 2. The lowest BCUT2D eigenvalue weighted by molar-refractivity contribution is 0.410. The van der Waals surface area contributed by atoms with Gasteiger partial charge in [0.15, 0.2) is 5.96 Å². The van der Waals surface area contributed by atoms with Crippen LogP contribution in [0.5, 0.6) is 0 Å². The van der Waals surface area contributed by atoms with E-state index < -0.39 is 0 Å². The van der Waals surface area contributed by atoms with Crippen LogP contribution >= 0.6 is 11.8 Å². The highest BCUT2D eigenvalue weighted by atomic mass is 32.2. The first-order valence-corrected chi connectivity index (χ1v) is 6.69. The lowest BCUT2D eigenvalue weighted by atomic mass is 10.2. The van der Waals surface area contributed by atoms with E-state index in [4.69, 9.17) is 4.52 Å². The quantitative estimate of drug-likeness (QED) is 0.617. The first kappa shape index (κ1) is 13.9. The molecule has 0 aliphatic heterocycles. The van der Waals surface area contributed by atoms with Crippen molar-refractivity contribution in [3.63, 3.8) is 0 Å². The van der Waals surface area contributed by atoms with Crippen LogP contribution in [-0.2, 0) is 6.54 Å². The van der Waals surface area contributed by atoms with Gasteiger partial charge in [0.1, 0.15) is 12.0 Å². The number of thioether (sulfide) groups is 1. The molecule has 96 valence electrons. The molecule has 0 saturated carbocycles. The third kappa shape index (κ3) is 5.12. The second kappa shape index (κ2) is 6.54. The minimum Gasteiger partial charge on any atom is -0.364 e. The van der Waals surface area contributed by atoms with Gasteiger partial charge in [0.25, 0.3) is 0 Å². The van der Waals surface area contributed by atoms with Gasteiger partial charge in [-0.15, -0.1) is 0 Å². The maximum absolute atomic E-state index is 4.76. The smallest absolute Gasteiger partial charge is 0.191 e. The van der Waals surface area contributed by atoms with Crippen molar-refractivity contribution in [2.24, 2.45) is 4.99 Å². The standard InChI is InChI=1S/C11H20N4OS/c1-11(2,17-4)8-14-10(12-3)13-7-9-5-6-16-15-9/h5-6H,7-8H2,1-4H3,(H2,12,13,14). The second-order valence-corrected chi connectivity index (χ2v) is 5.75. The first-order valence-electron chi connectivity index (χ1n) is 5.46. The van der Waals surface area contributed by atoms with Crippen molar-refractivity contribution in [3.8, 4) is 0 Å². The van der Waals surface area contributed by atoms with Crippen LogP contribution in [0.4, 0.5) is 0 Å². The molecule has 17 heavy (non-hydrogen) atoms. The Morgan fingerprint density at radius 1 is 1.53 bits per heavy atom. The molecular formula is C11H20N4OS. The van der Waals surface area contributed by atoms with E-state index >= 15 is 0 Å². The second-order valence-electron chi connectivity index (χ2n) is 4.23. The first-order chi connectivity index (χ1) is 8.07. The summed E-state index contributed by atoms with van der Waals surface area (Å²) < 4.78 is 4.94. The van der Waals surface area contributed by atoms with E-state index in [1.165, 1.54) is 0 Å². The van der Waals surface area contributed by atoms with Crippen molar-refractivity contribution in [3.05, 3.63) is 18.0 Å². The number of hydrogen-bond acceptors (Lipinski definition) is 4. The molecule has 2 N–H and O–H groups in total. The Kier molecular flexibility index (Phi) is 5.34. The Morgan fingerprint density at radius 3 is 2.82 bits per heavy atom. The topological polar surface area (TPSA) is 62.5 Å². The molecule has 0 aliphatic rings. The van der Waals surface area contributed by atoms with Crippen molar-refractivity contribution >= 4 is 17.7 Å². The Bertz CT molecular complexity index is 348. The van der Waals surface area contributed by atoms with E-state index in [1.54, 1.807) is 13.3 Å². The highest BCUT2D eigenvalue weighted by molar-refractivity contribution is 7.99. The summed E-state index contributed by atoms with van der Waals surface area (Å²) >= 11 is 1.82. The predicted octanol–water partition coefficient (Wildman–Crippen LogP) is 1.48. The molecule has 0 fully saturated rings. The summed E-state index contributed by atoms with van der Waals surface area (Å²) in [5.41, 5.74) is 0.858. The van der Waals surface area contributed by atoms with Gasteiger partial charge in [-0.2, -0.15) is 11.8 Å². The van der Waals surface area contributed by atoms with E-state index in [9.17, 15) is 0 Å². The number of hydrogen-bond donors (Lipinski definition) is 2. The van der Waals surface area contributed by atoms with Crippen molar-refractivity contribution in [1.82, 2.24) is 15.8 Å². The minimum absolute atomic E-state index is 0.186. The van der Waals surface area contributed by atoms with Gasteiger partial charge in [0.2, 0.25) is 0 Å². The van der Waals surface area contributed by atoms with Gasteiger partial charge in [-0.25, -0.2) is 0 Å². The van der Waals surface area contributed by atoms with E-state index in [2.05, 4.69) is 40.9 Å². The zero-order valence-electron chi connectivity index (χ0n) is 10.8. The van der Waals surface area contributed by atoms with Crippen LogP contribution in [-0.4, -0.2) is 35.7 Å². The molecule has 0 spiro atoms. The molecule has 1 heterocycles. The van der Waals surface area contributed by atoms with Crippen LogP contribution in [0, 0.1) is 0 Å². The van der Waals surface area contributed by atoms with Gasteiger partial charge >= 0.3 is 0 Å². The summed E-state index contributed by atoms with van der Waals surface area (Å²) in [6, 6.07) is 1.83. The van der Waals surface area contributed by atoms with E-state index in [1.807, 2.05) is 17.8 Å². The highest BCUT2D eigenvalue weighted by Gasteiger charge is 2.16. The van der Waals surface area contributed by atoms with Crippen LogP contribution in [0.15, 0.2) is 21.8 Å². The fraction of sp³-hybridized carbons (Fsp3) is 0.636. The predicted molar refractivity (Wildman–Crippen MR) is 72.3 cm³/mol. The molecule has 0 aromatic carbocycles. The fourth-order valence-corrected chi connectivity index (χ4v) is 1.31. The van der Waals surface area contributed by atoms with Crippen LogP contribution in [0.3, 0.4) is 0 Å². The molecular weight excluding hydrogens is 236 g/mol. The van der Waals surface area contributed by atoms with Crippen molar-refractivity contribution in [1.29, 1.82) is 0 Å². The summed E-state index contributed by atoms with van der Waals surface area (Å²) in [4.78, 5) is 4.15. The molecule has 0 unspecified atom stereocenters. The number of guanidine groups is 1. The molecule has 0 saturated heterocycles. The molecule has 5 nitrogen and oxygen atoms in total. The normalized spacial score (nSPS) is 12.6. The molecule has 6 heteroatoms. The summed E-state index contributed by atoms with van der Waals surface area (Å²) in [6.07, 6.45) is 3.66. The van der Waals surface area contributed by atoms with Crippen molar-refractivity contribution in [2.75, 3.05) is 19.8 Å². The lowest BCUT2D eigenvalue weighted by Gasteiger charge is -2.23. The van der Waals surface area contributed by atoms with E-state index in [0.29, 0.717) is 6.54 Å². The Morgan fingerprint density at radius 2 is 2.29 bits per heavy atom. The largest absolute Gasteiger partial charge is 0.364 e. The van der Waals surface area contributed by atoms with Crippen LogP contribution in [0.2, 0.25) is 0 Å². The third-order valence-electron chi connectivity index (χ3n) is 2.39. The van der Waals surface area contributed by atoms with Crippen LogP contribution < -0.4 is 10.6 Å². The van der Waals surface area contributed by atoms with Gasteiger partial charge < -0.3 is 15.2 Å². The van der Waals surface area contributed by atoms with E-state index in [-0.39, 0.29) is 4.75 Å². The molecule has 0 amide bonds. The third-order valence-corrected chi connectivity index (χ3v) is 3.64. The maximum atomic E-state index is 4.76. The Balaban J connectivity index is 2.35. The van der Waals surface area contributed by atoms with Crippen molar-refractivity contribution in [2.45, 2.75) is 25.1 Å². The summed E-state index contributed by atoms with van der Waals surface area (Å²) in [7, 11) is 1.75. The molecule has 1 rings (SSSR count). The average molecular weight is 256 g/mol. The van der Waals surface area contributed by atoms with Gasteiger partial charge in [-0.3, -0.25) is 4.99 Å². The molecule has 1 aromatic rings. The zero-order valence-corrected chi connectivity index (χ0v) is 11.6. The summed E-state index contributed by atoms with van der Waals surface area (Å²) in [6.45, 7) is 5.84. The maximum Gasteiger partial charge on any atom is 0.191 e. The Labute approximate surface area is 106 Å². The number of aromatic nitrogens is 1. The van der Waals surface area contributed by atoms with Gasteiger partial charge in [-0.1, -0.05) is 5.16 Å². The highest BCUT2D eigenvalue weighted by Crippen LogP contribution is 2.19. The number of aliphatic imine (C=N–C) groups is 1.